The predicted molar refractivity (Wildman–Crippen MR) is 109 cm³/mol. The molecule has 1 aromatic carbocycles. The van der Waals surface area contributed by atoms with E-state index >= 15 is 0 Å². The minimum absolute atomic E-state index is 0.0315. The second kappa shape index (κ2) is 8.93. The van der Waals surface area contributed by atoms with E-state index in [2.05, 4.69) is 16.8 Å². The average molecular weight is 415 g/mol. The Kier molecular flexibility index (Phi) is 6.10. The normalized spacial score (nSPS) is 17.0. The van der Waals surface area contributed by atoms with Gasteiger partial charge in [-0.05, 0) is 31.3 Å². The standard InChI is InChI=1S/C21H26FN5O3/c1-25-9-11-26(12-10-25)21-23-18-7-8-27(19(28)14-29-2)13-17(18)20(24-21)30-16-5-3-15(22)4-6-16/h3-6H,7-14H2,1-2H3. The third-order valence-electron chi connectivity index (χ3n) is 5.45. The van der Waals surface area contributed by atoms with Crippen molar-refractivity contribution in [3.05, 3.63) is 41.3 Å². The Labute approximate surface area is 175 Å². The minimum atomic E-state index is -0.332. The number of aromatic nitrogens is 2. The van der Waals surface area contributed by atoms with Gasteiger partial charge in [-0.3, -0.25) is 4.79 Å². The van der Waals surface area contributed by atoms with Crippen LogP contribution < -0.4 is 9.64 Å². The van der Waals surface area contributed by atoms with Gasteiger partial charge in [-0.2, -0.15) is 4.98 Å². The molecule has 0 N–H and O–H groups in total. The zero-order valence-electron chi connectivity index (χ0n) is 17.3. The van der Waals surface area contributed by atoms with E-state index in [4.69, 9.17) is 19.4 Å². The summed E-state index contributed by atoms with van der Waals surface area (Å²) in [7, 11) is 3.60. The molecule has 1 saturated heterocycles. The number of nitrogens with zero attached hydrogens (tertiary/aromatic N) is 5. The third-order valence-corrected chi connectivity index (χ3v) is 5.45. The number of rotatable bonds is 5. The lowest BCUT2D eigenvalue weighted by atomic mass is 10.1. The van der Waals surface area contributed by atoms with Crippen LogP contribution in [0.1, 0.15) is 11.3 Å². The summed E-state index contributed by atoms with van der Waals surface area (Å²) in [5, 5.41) is 0. The Morgan fingerprint density at radius 1 is 1.10 bits per heavy atom. The highest BCUT2D eigenvalue weighted by molar-refractivity contribution is 5.77. The number of ether oxygens (including phenoxy) is 2. The lowest BCUT2D eigenvalue weighted by molar-refractivity contribution is -0.136. The van der Waals surface area contributed by atoms with Gasteiger partial charge in [0.05, 0.1) is 17.8 Å². The predicted octanol–water partition coefficient (Wildman–Crippen LogP) is 1.69. The zero-order valence-corrected chi connectivity index (χ0v) is 17.3. The molecule has 1 aromatic heterocycles. The number of fused-ring (bicyclic) bond motifs is 1. The lowest BCUT2D eigenvalue weighted by Gasteiger charge is -2.34. The van der Waals surface area contributed by atoms with E-state index in [0.717, 1.165) is 37.4 Å². The molecule has 0 bridgehead atoms. The maximum atomic E-state index is 13.3. The number of likely N-dealkylation sites (N-methyl/N-ethyl adjacent to an activating group) is 1. The highest BCUT2D eigenvalue weighted by atomic mass is 19.1. The zero-order chi connectivity index (χ0) is 21.1. The lowest BCUT2D eigenvalue weighted by Crippen LogP contribution is -2.45. The van der Waals surface area contributed by atoms with Crippen LogP contribution in [0.25, 0.3) is 0 Å². The van der Waals surface area contributed by atoms with Crippen molar-refractivity contribution in [3.8, 4) is 11.6 Å². The molecule has 1 amide bonds. The van der Waals surface area contributed by atoms with Gasteiger partial charge in [-0.15, -0.1) is 0 Å². The van der Waals surface area contributed by atoms with Crippen LogP contribution in [0.4, 0.5) is 10.3 Å². The second-order valence-electron chi connectivity index (χ2n) is 7.60. The van der Waals surface area contributed by atoms with Crippen LogP contribution in [0, 0.1) is 5.82 Å². The Morgan fingerprint density at radius 3 is 2.53 bits per heavy atom. The summed E-state index contributed by atoms with van der Waals surface area (Å²) in [6.45, 7) is 4.51. The number of carbonyl (C=O) groups excluding carboxylic acids is 1. The fourth-order valence-corrected chi connectivity index (χ4v) is 3.65. The van der Waals surface area contributed by atoms with Crippen molar-refractivity contribution in [1.29, 1.82) is 0 Å². The number of piperazine rings is 1. The summed E-state index contributed by atoms with van der Waals surface area (Å²) in [6, 6.07) is 5.82. The Bertz CT molecular complexity index is 900. The van der Waals surface area contributed by atoms with Gasteiger partial charge in [-0.25, -0.2) is 9.37 Å². The van der Waals surface area contributed by atoms with E-state index in [9.17, 15) is 9.18 Å². The number of anilines is 1. The molecule has 2 aromatic rings. The molecule has 0 radical (unpaired) electrons. The van der Waals surface area contributed by atoms with Crippen molar-refractivity contribution in [2.75, 3.05) is 58.4 Å². The fourth-order valence-electron chi connectivity index (χ4n) is 3.65. The molecular formula is C21H26FN5O3. The number of amides is 1. The number of carbonyl (C=O) groups is 1. The first-order valence-electron chi connectivity index (χ1n) is 10.1. The van der Waals surface area contributed by atoms with Crippen molar-refractivity contribution in [2.45, 2.75) is 13.0 Å². The molecule has 30 heavy (non-hydrogen) atoms. The smallest absolute Gasteiger partial charge is 0.248 e. The largest absolute Gasteiger partial charge is 0.438 e. The molecule has 160 valence electrons. The monoisotopic (exact) mass is 415 g/mol. The van der Waals surface area contributed by atoms with Crippen molar-refractivity contribution in [3.63, 3.8) is 0 Å². The topological polar surface area (TPSA) is 71.0 Å². The molecule has 2 aliphatic heterocycles. The van der Waals surface area contributed by atoms with Gasteiger partial charge in [0.1, 0.15) is 18.2 Å². The Hall–Kier alpha value is -2.78. The van der Waals surface area contributed by atoms with Gasteiger partial charge in [0, 0.05) is 46.3 Å². The summed E-state index contributed by atoms with van der Waals surface area (Å²) >= 11 is 0. The van der Waals surface area contributed by atoms with Gasteiger partial charge >= 0.3 is 0 Å². The first-order valence-corrected chi connectivity index (χ1v) is 10.1. The minimum Gasteiger partial charge on any atom is -0.438 e. The van der Waals surface area contributed by atoms with Crippen molar-refractivity contribution in [2.24, 2.45) is 0 Å². The first-order chi connectivity index (χ1) is 14.5. The first kappa shape index (κ1) is 20.5. The van der Waals surface area contributed by atoms with Gasteiger partial charge in [0.25, 0.3) is 0 Å². The molecule has 8 nitrogen and oxygen atoms in total. The number of halogens is 1. The van der Waals surface area contributed by atoms with Crippen LogP contribution >= 0.6 is 0 Å². The molecule has 0 spiro atoms. The summed E-state index contributed by atoms with van der Waals surface area (Å²) in [5.41, 5.74) is 1.67. The number of hydrogen-bond acceptors (Lipinski definition) is 7. The molecule has 3 heterocycles. The Balaban J connectivity index is 1.66. The number of methoxy groups -OCH3 is 1. The molecule has 2 aliphatic rings. The van der Waals surface area contributed by atoms with Gasteiger partial charge < -0.3 is 24.2 Å². The Morgan fingerprint density at radius 2 is 1.83 bits per heavy atom. The average Bonchev–Trinajstić information content (AvgIpc) is 2.75. The van der Waals surface area contributed by atoms with Gasteiger partial charge in [-0.1, -0.05) is 0 Å². The highest BCUT2D eigenvalue weighted by Gasteiger charge is 2.28. The SMILES string of the molecule is COCC(=O)N1CCc2nc(N3CCN(C)CC3)nc(Oc3ccc(F)cc3)c2C1. The summed E-state index contributed by atoms with van der Waals surface area (Å²) < 4.78 is 24.3. The van der Waals surface area contributed by atoms with Crippen molar-refractivity contribution in [1.82, 2.24) is 19.8 Å². The van der Waals surface area contributed by atoms with E-state index in [1.165, 1.54) is 19.2 Å². The molecule has 0 saturated carbocycles. The third kappa shape index (κ3) is 4.52. The van der Waals surface area contributed by atoms with Crippen LogP contribution in [0.5, 0.6) is 11.6 Å². The van der Waals surface area contributed by atoms with Crippen LogP contribution in [0.3, 0.4) is 0 Å². The molecule has 9 heteroatoms. The second-order valence-corrected chi connectivity index (χ2v) is 7.60. The van der Waals surface area contributed by atoms with E-state index in [-0.39, 0.29) is 18.3 Å². The summed E-state index contributed by atoms with van der Waals surface area (Å²) in [6.07, 6.45) is 0.619. The quantitative estimate of drug-likeness (QED) is 0.736. The van der Waals surface area contributed by atoms with E-state index in [1.54, 1.807) is 17.0 Å². The summed E-state index contributed by atoms with van der Waals surface area (Å²) in [5.74, 6) is 1.12. The van der Waals surface area contributed by atoms with E-state index in [1.807, 2.05) is 0 Å². The molecule has 0 atom stereocenters. The molecule has 0 unspecified atom stereocenters. The van der Waals surface area contributed by atoms with Crippen LogP contribution in [-0.2, 0) is 22.5 Å². The summed E-state index contributed by atoms with van der Waals surface area (Å²) in [4.78, 5) is 28.0. The van der Waals surface area contributed by atoms with E-state index < -0.39 is 0 Å². The van der Waals surface area contributed by atoms with E-state index in [0.29, 0.717) is 37.1 Å². The fraction of sp³-hybridized carbons (Fsp3) is 0.476. The van der Waals surface area contributed by atoms with Gasteiger partial charge in [0.2, 0.25) is 17.7 Å². The molecule has 1 fully saturated rings. The molecule has 0 aliphatic carbocycles. The van der Waals surface area contributed by atoms with Crippen molar-refractivity contribution < 1.29 is 18.7 Å². The molecular weight excluding hydrogens is 389 g/mol. The molecule has 4 rings (SSSR count). The maximum Gasteiger partial charge on any atom is 0.248 e. The van der Waals surface area contributed by atoms with Crippen LogP contribution in [0.2, 0.25) is 0 Å². The maximum absolute atomic E-state index is 13.3. The van der Waals surface area contributed by atoms with Crippen LogP contribution in [-0.4, -0.2) is 79.2 Å². The van der Waals surface area contributed by atoms with Gasteiger partial charge in [0.15, 0.2) is 0 Å². The highest BCUT2D eigenvalue weighted by Crippen LogP contribution is 2.31. The van der Waals surface area contributed by atoms with Crippen LogP contribution in [0.15, 0.2) is 24.3 Å². The number of benzene rings is 1. The van der Waals surface area contributed by atoms with Crippen molar-refractivity contribution >= 4 is 11.9 Å². The number of hydrogen-bond donors (Lipinski definition) is 0.